The summed E-state index contributed by atoms with van der Waals surface area (Å²) in [6.45, 7) is 2.40. The van der Waals surface area contributed by atoms with Gasteiger partial charge >= 0.3 is 6.09 Å². The number of benzene rings is 1. The van der Waals surface area contributed by atoms with E-state index in [1.165, 1.54) is 4.90 Å². The Bertz CT molecular complexity index is 812. The molecule has 0 radical (unpaired) electrons. The van der Waals surface area contributed by atoms with Gasteiger partial charge in [-0.25, -0.2) is 4.79 Å². The van der Waals surface area contributed by atoms with Crippen molar-refractivity contribution in [1.29, 1.82) is 0 Å². The first kappa shape index (κ1) is 17.1. The van der Waals surface area contributed by atoms with E-state index in [2.05, 4.69) is 0 Å². The highest BCUT2D eigenvalue weighted by atomic mass is 16.6. The van der Waals surface area contributed by atoms with Crippen LogP contribution >= 0.6 is 0 Å². The molecule has 1 spiro atoms. The Balaban J connectivity index is 1.71. The first-order chi connectivity index (χ1) is 13.0. The molecule has 1 aromatic carbocycles. The maximum atomic E-state index is 12.6. The topological polar surface area (TPSA) is 88.5 Å². The van der Waals surface area contributed by atoms with Crippen molar-refractivity contribution in [2.45, 2.75) is 56.0 Å². The zero-order valence-corrected chi connectivity index (χ0v) is 15.6. The van der Waals surface area contributed by atoms with Crippen molar-refractivity contribution >= 4 is 6.09 Å². The maximum Gasteiger partial charge on any atom is 0.412 e. The van der Waals surface area contributed by atoms with Crippen molar-refractivity contribution in [3.63, 3.8) is 0 Å². The lowest BCUT2D eigenvalue weighted by atomic mass is 9.50. The van der Waals surface area contributed by atoms with Crippen LogP contribution in [0.5, 0.6) is 11.5 Å². The number of hydrogen-bond acceptors (Lipinski definition) is 6. The molecular formula is C20H25NO6. The zero-order chi connectivity index (χ0) is 19.0. The minimum absolute atomic E-state index is 0.211. The average Bonchev–Trinajstić information content (AvgIpc) is 2.98. The molecule has 4 aliphatic rings. The lowest BCUT2D eigenvalue weighted by Gasteiger charge is -2.62. The van der Waals surface area contributed by atoms with Crippen LogP contribution < -0.4 is 9.47 Å². The molecule has 1 aromatic rings. The lowest BCUT2D eigenvalue weighted by molar-refractivity contribution is -0.220. The van der Waals surface area contributed by atoms with Gasteiger partial charge in [0.05, 0.1) is 19.8 Å². The van der Waals surface area contributed by atoms with E-state index in [1.54, 1.807) is 14.0 Å². The summed E-state index contributed by atoms with van der Waals surface area (Å²) < 4.78 is 17.0. The third kappa shape index (κ3) is 1.91. The molecule has 27 heavy (non-hydrogen) atoms. The quantitative estimate of drug-likeness (QED) is 0.816. The number of ether oxygens (including phenoxy) is 3. The Morgan fingerprint density at radius 3 is 2.96 bits per heavy atom. The number of carbonyl (C=O) groups is 1. The lowest BCUT2D eigenvalue weighted by Crippen LogP contribution is -2.73. The second kappa shape index (κ2) is 5.52. The molecule has 2 bridgehead atoms. The van der Waals surface area contributed by atoms with E-state index in [0.29, 0.717) is 43.7 Å². The zero-order valence-electron chi connectivity index (χ0n) is 15.6. The molecule has 7 heteroatoms. The molecular weight excluding hydrogens is 350 g/mol. The van der Waals surface area contributed by atoms with E-state index in [1.807, 2.05) is 12.1 Å². The van der Waals surface area contributed by atoms with Crippen LogP contribution in [0.25, 0.3) is 0 Å². The molecule has 4 unspecified atom stereocenters. The van der Waals surface area contributed by atoms with Crippen molar-refractivity contribution < 1.29 is 29.2 Å². The van der Waals surface area contributed by atoms with Gasteiger partial charge in [-0.2, -0.15) is 0 Å². The van der Waals surface area contributed by atoms with Crippen LogP contribution in [-0.2, 0) is 16.6 Å². The van der Waals surface area contributed by atoms with Crippen LogP contribution in [0, 0.1) is 5.92 Å². The molecule has 146 valence electrons. The molecule has 5 atom stereocenters. The summed E-state index contributed by atoms with van der Waals surface area (Å²) in [4.78, 5) is 14.1. The van der Waals surface area contributed by atoms with Gasteiger partial charge in [-0.15, -0.1) is 0 Å². The van der Waals surface area contributed by atoms with Gasteiger partial charge in [-0.1, -0.05) is 6.07 Å². The number of methoxy groups -OCH3 is 1. The molecule has 5 rings (SSSR count). The largest absolute Gasteiger partial charge is 0.493 e. The molecule has 2 fully saturated rings. The Kier molecular flexibility index (Phi) is 3.50. The fourth-order valence-electron chi connectivity index (χ4n) is 6.17. The van der Waals surface area contributed by atoms with E-state index in [4.69, 9.17) is 14.2 Å². The first-order valence-corrected chi connectivity index (χ1v) is 9.69. The number of nitrogens with zero attached hydrogens (tertiary/aromatic N) is 1. The normalized spacial score (nSPS) is 38.1. The Hall–Kier alpha value is -1.99. The van der Waals surface area contributed by atoms with Crippen molar-refractivity contribution in [3.8, 4) is 11.5 Å². The van der Waals surface area contributed by atoms with Crippen LogP contribution in [0.4, 0.5) is 4.79 Å². The van der Waals surface area contributed by atoms with Gasteiger partial charge in [0.15, 0.2) is 17.2 Å². The SMILES string of the molecule is CCOC(=O)N1CCC23c4c5ccc(OC)c4OC2[C@@H](O)CCC3C1(O)C5. The molecule has 0 aromatic heterocycles. The third-order valence-corrected chi connectivity index (χ3v) is 7.08. The fraction of sp³-hybridized carbons (Fsp3) is 0.650. The van der Waals surface area contributed by atoms with Gasteiger partial charge in [-0.3, -0.25) is 4.90 Å². The highest BCUT2D eigenvalue weighted by molar-refractivity contribution is 5.70. The number of aliphatic hydroxyl groups excluding tert-OH is 1. The minimum atomic E-state index is -1.34. The van der Waals surface area contributed by atoms with Crippen LogP contribution in [-0.4, -0.2) is 59.4 Å². The predicted octanol–water partition coefficient (Wildman–Crippen LogP) is 1.57. The molecule has 2 N–H and O–H groups in total. The highest BCUT2D eigenvalue weighted by Crippen LogP contribution is 2.66. The maximum absolute atomic E-state index is 12.6. The standard InChI is InChI=1S/C20H25NO6/c1-3-26-18(23)21-9-8-19-14-7-5-12(22)17(19)27-16-13(25-2)6-4-11(15(16)19)10-20(14,21)24/h4,6,12,14,17,22,24H,3,5,7-10H2,1-2H3/t12-,14?,17?,19?,20?/m0/s1. The van der Waals surface area contributed by atoms with E-state index in [9.17, 15) is 15.0 Å². The van der Waals surface area contributed by atoms with Gasteiger partial charge in [-0.05, 0) is 37.8 Å². The molecule has 1 saturated heterocycles. The van der Waals surface area contributed by atoms with Crippen molar-refractivity contribution in [3.05, 3.63) is 23.3 Å². The van der Waals surface area contributed by atoms with Gasteiger partial charge < -0.3 is 24.4 Å². The third-order valence-electron chi connectivity index (χ3n) is 7.08. The molecule has 2 heterocycles. The smallest absolute Gasteiger partial charge is 0.412 e. The van der Waals surface area contributed by atoms with E-state index in [0.717, 1.165) is 11.1 Å². The number of aliphatic hydroxyl groups is 2. The fourth-order valence-corrected chi connectivity index (χ4v) is 6.17. The summed E-state index contributed by atoms with van der Waals surface area (Å²) in [5.41, 5.74) is 0.168. The average molecular weight is 375 g/mol. The summed E-state index contributed by atoms with van der Waals surface area (Å²) in [5.74, 6) is 1.14. The van der Waals surface area contributed by atoms with E-state index in [-0.39, 0.29) is 12.5 Å². The van der Waals surface area contributed by atoms with Crippen LogP contribution in [0.15, 0.2) is 12.1 Å². The molecule has 2 aliphatic carbocycles. The Morgan fingerprint density at radius 2 is 2.22 bits per heavy atom. The molecule has 1 amide bonds. The van der Waals surface area contributed by atoms with Crippen LogP contribution in [0.2, 0.25) is 0 Å². The van der Waals surface area contributed by atoms with Gasteiger partial charge in [0.25, 0.3) is 0 Å². The molecule has 7 nitrogen and oxygen atoms in total. The van der Waals surface area contributed by atoms with Crippen molar-refractivity contribution in [2.75, 3.05) is 20.3 Å². The number of amides is 1. The summed E-state index contributed by atoms with van der Waals surface area (Å²) in [6.07, 6.45) is 0.587. The van der Waals surface area contributed by atoms with Gasteiger partial charge in [0.2, 0.25) is 0 Å². The van der Waals surface area contributed by atoms with Crippen molar-refractivity contribution in [1.82, 2.24) is 4.90 Å². The number of carbonyl (C=O) groups excluding carboxylic acids is 1. The van der Waals surface area contributed by atoms with E-state index < -0.39 is 29.4 Å². The Morgan fingerprint density at radius 1 is 1.41 bits per heavy atom. The summed E-state index contributed by atoms with van der Waals surface area (Å²) in [7, 11) is 1.61. The monoisotopic (exact) mass is 375 g/mol. The first-order valence-electron chi connectivity index (χ1n) is 9.69. The van der Waals surface area contributed by atoms with E-state index >= 15 is 0 Å². The van der Waals surface area contributed by atoms with Gasteiger partial charge in [0, 0.05) is 29.9 Å². The second-order valence-corrected chi connectivity index (χ2v) is 8.06. The summed E-state index contributed by atoms with van der Waals surface area (Å²) >= 11 is 0. The number of likely N-dealkylation sites (tertiary alicyclic amines) is 1. The summed E-state index contributed by atoms with van der Waals surface area (Å²) in [5, 5.41) is 22.6. The van der Waals surface area contributed by atoms with Crippen LogP contribution in [0.1, 0.15) is 37.3 Å². The number of rotatable bonds is 2. The minimum Gasteiger partial charge on any atom is -0.493 e. The second-order valence-electron chi connectivity index (χ2n) is 8.06. The molecule has 1 saturated carbocycles. The molecule has 2 aliphatic heterocycles. The Labute approximate surface area is 157 Å². The van der Waals surface area contributed by atoms with Crippen LogP contribution in [0.3, 0.4) is 0 Å². The van der Waals surface area contributed by atoms with Crippen molar-refractivity contribution in [2.24, 2.45) is 5.92 Å². The number of piperidine rings is 1. The van der Waals surface area contributed by atoms with Gasteiger partial charge in [0.1, 0.15) is 6.10 Å². The predicted molar refractivity (Wildman–Crippen MR) is 94.8 cm³/mol. The summed E-state index contributed by atoms with van der Waals surface area (Å²) in [6, 6.07) is 3.78. The number of hydrogen-bond donors (Lipinski definition) is 2. The highest BCUT2D eigenvalue weighted by Gasteiger charge is 2.71.